The summed E-state index contributed by atoms with van der Waals surface area (Å²) in [5, 5.41) is 11.4. The molecule has 5 heteroatoms. The molecule has 0 aromatic heterocycles. The van der Waals surface area contributed by atoms with Gasteiger partial charge in [0, 0.05) is 25.6 Å². The molecule has 1 heterocycles. The Labute approximate surface area is 68.8 Å². The van der Waals surface area contributed by atoms with E-state index in [4.69, 9.17) is 5.11 Å². The lowest BCUT2D eigenvalue weighted by Gasteiger charge is -2.31. The topological polar surface area (TPSA) is 32.3 Å². The van der Waals surface area contributed by atoms with Crippen LogP contribution in [0.1, 0.15) is 6.92 Å². The molecule has 1 saturated heterocycles. The Balaban J connectivity index is 2.82. The summed E-state index contributed by atoms with van der Waals surface area (Å²) in [5.41, 5.74) is -1.76. The van der Waals surface area contributed by atoms with Crippen LogP contribution in [-0.2, 0) is 0 Å². The normalized spacial score (nSPS) is 37.2. The Hall–Kier alpha value is -0.290. The van der Waals surface area contributed by atoms with Crippen LogP contribution in [0, 0.1) is 11.3 Å². The van der Waals surface area contributed by atoms with Crippen molar-refractivity contribution in [3.63, 3.8) is 0 Å². The van der Waals surface area contributed by atoms with Gasteiger partial charge in [-0.15, -0.1) is 0 Å². The average molecular weight is 183 g/mol. The van der Waals surface area contributed by atoms with Crippen LogP contribution in [0.5, 0.6) is 0 Å². The summed E-state index contributed by atoms with van der Waals surface area (Å²) < 4.78 is 37.3. The molecule has 12 heavy (non-hydrogen) atoms. The van der Waals surface area contributed by atoms with Crippen LogP contribution in [0.25, 0.3) is 0 Å². The quantitative estimate of drug-likeness (QED) is 0.629. The van der Waals surface area contributed by atoms with Gasteiger partial charge in [0.25, 0.3) is 0 Å². The van der Waals surface area contributed by atoms with Crippen molar-refractivity contribution in [3.8, 4) is 0 Å². The van der Waals surface area contributed by atoms with E-state index in [-0.39, 0.29) is 13.1 Å². The second-order valence-electron chi connectivity index (χ2n) is 3.43. The summed E-state index contributed by atoms with van der Waals surface area (Å²) in [6, 6.07) is 0. The summed E-state index contributed by atoms with van der Waals surface area (Å²) in [5.74, 6) is -0.711. The molecule has 2 N–H and O–H groups in total. The molecule has 0 aromatic carbocycles. The summed E-state index contributed by atoms with van der Waals surface area (Å²) in [7, 11) is 0. The fourth-order valence-electron chi connectivity index (χ4n) is 1.47. The fraction of sp³-hybridized carbons (Fsp3) is 1.00. The number of alkyl halides is 3. The maximum Gasteiger partial charge on any atom is 0.395 e. The molecule has 0 spiro atoms. The van der Waals surface area contributed by atoms with Crippen molar-refractivity contribution in [2.45, 2.75) is 13.1 Å². The third kappa shape index (κ3) is 1.31. The first kappa shape index (κ1) is 9.80. The van der Waals surface area contributed by atoms with Gasteiger partial charge < -0.3 is 10.4 Å². The molecule has 0 radical (unpaired) electrons. The van der Waals surface area contributed by atoms with Crippen molar-refractivity contribution in [2.24, 2.45) is 11.3 Å². The van der Waals surface area contributed by atoms with E-state index in [0.717, 1.165) is 6.92 Å². The minimum absolute atomic E-state index is 0.0955. The molecule has 1 fully saturated rings. The summed E-state index contributed by atoms with van der Waals surface area (Å²) in [4.78, 5) is 0. The minimum atomic E-state index is -4.23. The first-order valence-corrected chi connectivity index (χ1v) is 3.80. The van der Waals surface area contributed by atoms with E-state index in [1.165, 1.54) is 0 Å². The van der Waals surface area contributed by atoms with Gasteiger partial charge in [-0.2, -0.15) is 13.2 Å². The predicted molar refractivity (Wildman–Crippen MR) is 37.6 cm³/mol. The summed E-state index contributed by atoms with van der Waals surface area (Å²) >= 11 is 0. The van der Waals surface area contributed by atoms with Gasteiger partial charge in [-0.05, 0) is 6.92 Å². The minimum Gasteiger partial charge on any atom is -0.396 e. The van der Waals surface area contributed by atoms with E-state index in [0.29, 0.717) is 0 Å². The van der Waals surface area contributed by atoms with Crippen molar-refractivity contribution in [1.82, 2.24) is 5.32 Å². The van der Waals surface area contributed by atoms with Crippen LogP contribution in [0.3, 0.4) is 0 Å². The second kappa shape index (κ2) is 2.88. The van der Waals surface area contributed by atoms with E-state index >= 15 is 0 Å². The van der Waals surface area contributed by atoms with Crippen LogP contribution in [0.15, 0.2) is 0 Å². The molecular weight excluding hydrogens is 171 g/mol. The van der Waals surface area contributed by atoms with Gasteiger partial charge in [0.05, 0.1) is 5.41 Å². The number of hydrogen-bond donors (Lipinski definition) is 2. The van der Waals surface area contributed by atoms with Crippen molar-refractivity contribution >= 4 is 0 Å². The highest BCUT2D eigenvalue weighted by atomic mass is 19.4. The standard InChI is InChI=1S/C7H12F3NO/c1-6(7(8,9)10)4-11-2-5(6)3-12/h5,11-12H,2-4H2,1H3/t5-,6+/m1/s1. The third-order valence-electron chi connectivity index (χ3n) is 2.65. The van der Waals surface area contributed by atoms with Crippen molar-refractivity contribution in [2.75, 3.05) is 19.7 Å². The van der Waals surface area contributed by atoms with Gasteiger partial charge in [0.1, 0.15) is 0 Å². The number of hydrogen-bond acceptors (Lipinski definition) is 2. The highest BCUT2D eigenvalue weighted by Crippen LogP contribution is 2.45. The van der Waals surface area contributed by atoms with Gasteiger partial charge in [-0.3, -0.25) is 0 Å². The van der Waals surface area contributed by atoms with Crippen molar-refractivity contribution < 1.29 is 18.3 Å². The molecular formula is C7H12F3NO. The number of halogens is 3. The maximum atomic E-state index is 12.4. The molecule has 0 aromatic rings. The van der Waals surface area contributed by atoms with Crippen LogP contribution in [-0.4, -0.2) is 31.0 Å². The first-order chi connectivity index (χ1) is 5.42. The Kier molecular flexibility index (Phi) is 2.35. The van der Waals surface area contributed by atoms with Gasteiger partial charge in [-0.1, -0.05) is 0 Å². The maximum absolute atomic E-state index is 12.4. The average Bonchev–Trinajstić information content (AvgIpc) is 2.30. The Morgan fingerprint density at radius 2 is 2.17 bits per heavy atom. The third-order valence-corrected chi connectivity index (χ3v) is 2.65. The van der Waals surface area contributed by atoms with E-state index < -0.39 is 24.1 Å². The molecule has 2 atom stereocenters. The van der Waals surface area contributed by atoms with Crippen molar-refractivity contribution in [3.05, 3.63) is 0 Å². The lowest BCUT2D eigenvalue weighted by Crippen LogP contribution is -2.43. The molecule has 0 unspecified atom stereocenters. The smallest absolute Gasteiger partial charge is 0.395 e. The fourth-order valence-corrected chi connectivity index (χ4v) is 1.47. The van der Waals surface area contributed by atoms with Gasteiger partial charge in [-0.25, -0.2) is 0 Å². The monoisotopic (exact) mass is 183 g/mol. The molecule has 0 bridgehead atoms. The zero-order chi connectivity index (χ0) is 9.41. The zero-order valence-electron chi connectivity index (χ0n) is 6.78. The van der Waals surface area contributed by atoms with E-state index in [1.807, 2.05) is 0 Å². The predicted octanol–water partition coefficient (Wildman–Crippen LogP) is 0.767. The SMILES string of the molecule is C[C@]1(C(F)(F)F)CNC[C@@H]1CO. The van der Waals surface area contributed by atoms with E-state index in [2.05, 4.69) is 5.32 Å². The molecule has 1 aliphatic rings. The Bertz CT molecular complexity index is 171. The van der Waals surface area contributed by atoms with Crippen molar-refractivity contribution in [1.29, 1.82) is 0 Å². The van der Waals surface area contributed by atoms with Gasteiger partial charge in [0.15, 0.2) is 0 Å². The van der Waals surface area contributed by atoms with Crippen LogP contribution < -0.4 is 5.32 Å². The Morgan fingerprint density at radius 3 is 2.50 bits per heavy atom. The number of nitrogens with one attached hydrogen (secondary N) is 1. The molecule has 0 aliphatic carbocycles. The lowest BCUT2D eigenvalue weighted by molar-refractivity contribution is -0.227. The number of aliphatic hydroxyl groups excluding tert-OH is 1. The summed E-state index contributed by atoms with van der Waals surface area (Å²) in [6.07, 6.45) is -4.23. The van der Waals surface area contributed by atoms with E-state index in [9.17, 15) is 13.2 Å². The van der Waals surface area contributed by atoms with Crippen LogP contribution >= 0.6 is 0 Å². The van der Waals surface area contributed by atoms with Gasteiger partial charge in [0.2, 0.25) is 0 Å². The molecule has 1 aliphatic heterocycles. The largest absolute Gasteiger partial charge is 0.396 e. The number of aliphatic hydroxyl groups is 1. The van der Waals surface area contributed by atoms with E-state index in [1.54, 1.807) is 0 Å². The molecule has 1 rings (SSSR count). The highest BCUT2D eigenvalue weighted by molar-refractivity contribution is 4.96. The first-order valence-electron chi connectivity index (χ1n) is 3.80. The molecule has 0 amide bonds. The van der Waals surface area contributed by atoms with Crippen LogP contribution in [0.2, 0.25) is 0 Å². The zero-order valence-corrected chi connectivity index (χ0v) is 6.78. The Morgan fingerprint density at radius 1 is 1.58 bits per heavy atom. The van der Waals surface area contributed by atoms with Crippen LogP contribution in [0.4, 0.5) is 13.2 Å². The number of rotatable bonds is 1. The molecule has 2 nitrogen and oxygen atoms in total. The summed E-state index contributed by atoms with van der Waals surface area (Å²) in [6.45, 7) is 0.880. The highest BCUT2D eigenvalue weighted by Gasteiger charge is 2.57. The molecule has 72 valence electrons. The lowest BCUT2D eigenvalue weighted by atomic mass is 9.80. The molecule has 0 saturated carbocycles. The van der Waals surface area contributed by atoms with Gasteiger partial charge >= 0.3 is 6.18 Å². The second-order valence-corrected chi connectivity index (χ2v) is 3.43.